The molecular weight excluding hydrogens is 270 g/mol. The van der Waals surface area contributed by atoms with E-state index in [1.54, 1.807) is 0 Å². The first-order valence-electron chi connectivity index (χ1n) is 7.07. The maximum absolute atomic E-state index is 11.5. The van der Waals surface area contributed by atoms with E-state index in [0.29, 0.717) is 4.88 Å². The molecule has 1 fully saturated rings. The van der Waals surface area contributed by atoms with E-state index in [-0.39, 0.29) is 0 Å². The molecule has 1 aliphatic rings. The quantitative estimate of drug-likeness (QED) is 0.909. The lowest BCUT2D eigenvalue weighted by molar-refractivity contribution is 0.0700. The van der Waals surface area contributed by atoms with Crippen LogP contribution in [0.3, 0.4) is 0 Å². The van der Waals surface area contributed by atoms with Crippen molar-refractivity contribution in [2.24, 2.45) is 5.92 Å². The Morgan fingerprint density at radius 1 is 1.40 bits per heavy atom. The average molecular weight is 289 g/mol. The Balaban J connectivity index is 1.87. The summed E-state index contributed by atoms with van der Waals surface area (Å²) in [4.78, 5) is 14.2. The number of rotatable bonds is 5. The number of carboxylic acids is 1. The van der Waals surface area contributed by atoms with Crippen molar-refractivity contribution in [1.29, 1.82) is 0 Å². The second-order valence-electron chi connectivity index (χ2n) is 5.70. The van der Waals surface area contributed by atoms with Gasteiger partial charge in [-0.3, -0.25) is 0 Å². The molecule has 0 bridgehead atoms. The monoisotopic (exact) mass is 289 g/mol. The normalized spacial score (nSPS) is 15.7. The van der Waals surface area contributed by atoms with Gasteiger partial charge in [0.25, 0.3) is 0 Å². The van der Waals surface area contributed by atoms with Crippen LogP contribution in [-0.4, -0.2) is 29.6 Å². The fourth-order valence-corrected chi connectivity index (χ4v) is 3.93. The molecule has 4 heteroatoms. The third-order valence-corrected chi connectivity index (χ3v) is 5.32. The molecular formula is C16H19NO2S. The van der Waals surface area contributed by atoms with E-state index in [1.165, 1.54) is 30.6 Å². The molecule has 0 unspecified atom stereocenters. The molecule has 20 heavy (non-hydrogen) atoms. The molecule has 1 N–H and O–H groups in total. The van der Waals surface area contributed by atoms with Gasteiger partial charge < -0.3 is 10.0 Å². The van der Waals surface area contributed by atoms with Gasteiger partial charge in [0, 0.05) is 17.8 Å². The van der Waals surface area contributed by atoms with Gasteiger partial charge in [0.05, 0.1) is 0 Å². The van der Waals surface area contributed by atoms with Crippen molar-refractivity contribution < 1.29 is 9.90 Å². The van der Waals surface area contributed by atoms with Gasteiger partial charge in [-0.25, -0.2) is 4.79 Å². The molecule has 3 rings (SSSR count). The molecule has 2 aromatic rings. The van der Waals surface area contributed by atoms with Gasteiger partial charge in [-0.1, -0.05) is 24.6 Å². The summed E-state index contributed by atoms with van der Waals surface area (Å²) in [6.45, 7) is 1.80. The van der Waals surface area contributed by atoms with E-state index in [4.69, 9.17) is 0 Å². The molecule has 0 aliphatic heterocycles. The number of aromatic carboxylic acids is 1. The number of carbonyl (C=O) groups is 1. The molecule has 3 nitrogen and oxygen atoms in total. The molecule has 1 aromatic carbocycles. The second-order valence-corrected chi connectivity index (χ2v) is 6.76. The fraction of sp³-hybridized carbons (Fsp3) is 0.438. The molecule has 1 saturated carbocycles. The van der Waals surface area contributed by atoms with Gasteiger partial charge >= 0.3 is 5.97 Å². The third-order valence-electron chi connectivity index (χ3n) is 4.12. The van der Waals surface area contributed by atoms with Crippen molar-refractivity contribution in [2.45, 2.75) is 25.8 Å². The maximum atomic E-state index is 11.5. The number of benzene rings is 1. The van der Waals surface area contributed by atoms with Gasteiger partial charge in [-0.2, -0.15) is 0 Å². The number of hydrogen-bond acceptors (Lipinski definition) is 3. The van der Waals surface area contributed by atoms with Gasteiger partial charge in [-0.15, -0.1) is 11.3 Å². The molecule has 0 saturated heterocycles. The van der Waals surface area contributed by atoms with E-state index >= 15 is 0 Å². The van der Waals surface area contributed by atoms with Gasteiger partial charge in [0.2, 0.25) is 0 Å². The highest BCUT2D eigenvalue weighted by Gasteiger charge is 2.22. The topological polar surface area (TPSA) is 40.5 Å². The number of carboxylic acid groups (broad SMARTS) is 1. The Kier molecular flexibility index (Phi) is 3.76. The van der Waals surface area contributed by atoms with Crippen LogP contribution >= 0.6 is 11.3 Å². The Bertz CT molecular complexity index is 630. The number of nitrogens with zero attached hydrogens (tertiary/aromatic N) is 1. The lowest BCUT2D eigenvalue weighted by Gasteiger charge is -2.30. The van der Waals surface area contributed by atoms with Crippen molar-refractivity contribution in [3.8, 4) is 0 Å². The van der Waals surface area contributed by atoms with Crippen LogP contribution in [0.1, 0.15) is 34.5 Å². The Morgan fingerprint density at radius 2 is 2.15 bits per heavy atom. The van der Waals surface area contributed by atoms with Crippen LogP contribution in [0.4, 0.5) is 0 Å². The fourth-order valence-electron chi connectivity index (χ4n) is 2.88. The third kappa shape index (κ3) is 2.58. The number of thiophene rings is 1. The summed E-state index contributed by atoms with van der Waals surface area (Å²) in [6.07, 6.45) is 3.99. The zero-order valence-corrected chi connectivity index (χ0v) is 12.4. The van der Waals surface area contributed by atoms with Crippen LogP contribution in [-0.2, 0) is 6.54 Å². The van der Waals surface area contributed by atoms with Crippen molar-refractivity contribution in [3.05, 3.63) is 34.7 Å². The van der Waals surface area contributed by atoms with E-state index in [0.717, 1.165) is 34.7 Å². The molecule has 1 heterocycles. The van der Waals surface area contributed by atoms with Crippen molar-refractivity contribution >= 4 is 27.4 Å². The summed E-state index contributed by atoms with van der Waals surface area (Å²) in [5.74, 6) is -0.00331. The standard InChI is InChI=1S/C16H19NO2S/c1-17(9-11-5-4-6-11)10-13-12-7-2-3-8-14(12)20-15(13)16(18)19/h2-3,7-8,11H,4-6,9-10H2,1H3,(H,18,19). The van der Waals surface area contributed by atoms with Gasteiger partial charge in [-0.05, 0) is 42.8 Å². The van der Waals surface area contributed by atoms with E-state index < -0.39 is 5.97 Å². The minimum Gasteiger partial charge on any atom is -0.477 e. The smallest absolute Gasteiger partial charge is 0.346 e. The highest BCUT2D eigenvalue weighted by molar-refractivity contribution is 7.21. The molecule has 1 aromatic heterocycles. The van der Waals surface area contributed by atoms with E-state index in [1.807, 2.05) is 24.3 Å². The van der Waals surface area contributed by atoms with Gasteiger partial charge in [0.1, 0.15) is 4.88 Å². The zero-order valence-electron chi connectivity index (χ0n) is 11.6. The van der Waals surface area contributed by atoms with Crippen molar-refractivity contribution in [1.82, 2.24) is 4.90 Å². The summed E-state index contributed by atoms with van der Waals surface area (Å²) in [7, 11) is 2.09. The van der Waals surface area contributed by atoms with Crippen LogP contribution in [0.15, 0.2) is 24.3 Å². The molecule has 0 atom stereocenters. The van der Waals surface area contributed by atoms with E-state index in [9.17, 15) is 9.90 Å². The number of fused-ring (bicyclic) bond motifs is 1. The van der Waals surface area contributed by atoms with Crippen molar-refractivity contribution in [3.63, 3.8) is 0 Å². The first-order valence-corrected chi connectivity index (χ1v) is 7.89. The predicted molar refractivity (Wildman–Crippen MR) is 82.5 cm³/mol. The highest BCUT2D eigenvalue weighted by atomic mass is 32.1. The second kappa shape index (κ2) is 5.54. The predicted octanol–water partition coefficient (Wildman–Crippen LogP) is 3.83. The van der Waals surface area contributed by atoms with Crippen LogP contribution in [0, 0.1) is 5.92 Å². The summed E-state index contributed by atoms with van der Waals surface area (Å²) in [5.41, 5.74) is 0.972. The van der Waals surface area contributed by atoms with Crippen LogP contribution in [0.2, 0.25) is 0 Å². The molecule has 0 radical (unpaired) electrons. The Hall–Kier alpha value is -1.39. The van der Waals surface area contributed by atoms with Crippen LogP contribution < -0.4 is 0 Å². The Morgan fingerprint density at radius 3 is 2.80 bits per heavy atom. The largest absolute Gasteiger partial charge is 0.477 e. The minimum atomic E-state index is -0.807. The van der Waals surface area contributed by atoms with Crippen LogP contribution in [0.5, 0.6) is 0 Å². The first-order chi connectivity index (χ1) is 9.65. The SMILES string of the molecule is CN(Cc1c(C(=O)O)sc2ccccc12)CC1CCC1. The summed E-state index contributed by atoms with van der Waals surface area (Å²) >= 11 is 1.39. The lowest BCUT2D eigenvalue weighted by atomic mass is 9.85. The maximum Gasteiger partial charge on any atom is 0.346 e. The summed E-state index contributed by atoms with van der Waals surface area (Å²) in [5, 5.41) is 10.5. The molecule has 0 amide bonds. The minimum absolute atomic E-state index is 0.492. The number of hydrogen-bond donors (Lipinski definition) is 1. The highest BCUT2D eigenvalue weighted by Crippen LogP contribution is 2.33. The zero-order chi connectivity index (χ0) is 14.1. The first kappa shape index (κ1) is 13.6. The average Bonchev–Trinajstić information content (AvgIpc) is 2.73. The van der Waals surface area contributed by atoms with Gasteiger partial charge in [0.15, 0.2) is 0 Å². The Labute approximate surface area is 122 Å². The van der Waals surface area contributed by atoms with Crippen molar-refractivity contribution in [2.75, 3.05) is 13.6 Å². The molecule has 1 aliphatic carbocycles. The summed E-state index contributed by atoms with van der Waals surface area (Å²) < 4.78 is 1.07. The molecule has 106 valence electrons. The lowest BCUT2D eigenvalue weighted by Crippen LogP contribution is -2.29. The molecule has 0 spiro atoms. The summed E-state index contributed by atoms with van der Waals surface area (Å²) in [6, 6.07) is 7.98. The van der Waals surface area contributed by atoms with E-state index in [2.05, 4.69) is 11.9 Å². The van der Waals surface area contributed by atoms with Crippen LogP contribution in [0.25, 0.3) is 10.1 Å².